The average Bonchev–Trinajstić information content (AvgIpc) is 3.20. The second-order valence-electron chi connectivity index (χ2n) is 7.54. The number of hydrogen-bond donors (Lipinski definition) is 0. The molecule has 0 fully saturated rings. The fraction of sp³-hybridized carbons (Fsp3) is 0.0370. The van der Waals surface area contributed by atoms with E-state index in [1.807, 2.05) is 42.9 Å². The zero-order valence-corrected chi connectivity index (χ0v) is 16.5. The van der Waals surface area contributed by atoms with E-state index in [4.69, 9.17) is 4.42 Å². The third-order valence-electron chi connectivity index (χ3n) is 5.77. The molecule has 0 unspecified atom stereocenters. The van der Waals surface area contributed by atoms with Crippen molar-refractivity contribution in [2.45, 2.75) is 6.92 Å². The molecular weight excluding hydrogens is 368 g/mol. The monoisotopic (exact) mass is 386 g/mol. The van der Waals surface area contributed by atoms with E-state index in [1.54, 1.807) is 0 Å². The highest BCUT2D eigenvalue weighted by molar-refractivity contribution is 6.15. The Labute approximate surface area is 173 Å². The Kier molecular flexibility index (Phi) is 3.68. The molecule has 0 bridgehead atoms. The van der Waals surface area contributed by atoms with Gasteiger partial charge in [-0.05, 0) is 47.7 Å². The second-order valence-corrected chi connectivity index (χ2v) is 7.54. The molecule has 0 spiro atoms. The van der Waals surface area contributed by atoms with Crippen molar-refractivity contribution in [1.82, 2.24) is 9.97 Å². The first-order valence-electron chi connectivity index (χ1n) is 10.0. The molecule has 30 heavy (non-hydrogen) atoms. The molecule has 0 saturated heterocycles. The summed E-state index contributed by atoms with van der Waals surface area (Å²) < 4.78 is 6.59. The van der Waals surface area contributed by atoms with Gasteiger partial charge >= 0.3 is 0 Å². The fourth-order valence-corrected chi connectivity index (χ4v) is 4.35. The summed E-state index contributed by atoms with van der Waals surface area (Å²) in [6.45, 7) is 2.13. The molecule has 3 aromatic carbocycles. The standard InChI is InChI=1S/C27H18N2O/c1-17-11-12-21(24-10-2-3-14-29-24)27-25(17)22-9-5-8-20(26(22)30-27)19-7-4-6-18-13-15-28-16-23(18)19/h2-16H,1H3. The Bertz CT molecular complexity index is 1540. The van der Waals surface area contributed by atoms with Crippen LogP contribution in [0.4, 0.5) is 0 Å². The maximum Gasteiger partial charge on any atom is 0.145 e. The van der Waals surface area contributed by atoms with Crippen molar-refractivity contribution in [3.8, 4) is 22.4 Å². The summed E-state index contributed by atoms with van der Waals surface area (Å²) in [6, 6.07) is 25.0. The molecule has 0 amide bonds. The minimum Gasteiger partial charge on any atom is -0.455 e. The number of aryl methyl sites for hydroxylation is 1. The predicted molar refractivity (Wildman–Crippen MR) is 122 cm³/mol. The first-order valence-corrected chi connectivity index (χ1v) is 10.0. The zero-order chi connectivity index (χ0) is 20.1. The van der Waals surface area contributed by atoms with Crippen molar-refractivity contribution >= 4 is 32.7 Å². The number of rotatable bonds is 2. The van der Waals surface area contributed by atoms with Crippen molar-refractivity contribution in [2.75, 3.05) is 0 Å². The smallest absolute Gasteiger partial charge is 0.145 e. The number of fused-ring (bicyclic) bond motifs is 4. The molecule has 0 saturated carbocycles. The van der Waals surface area contributed by atoms with Gasteiger partial charge in [-0.2, -0.15) is 0 Å². The minimum atomic E-state index is 0.884. The Morgan fingerprint density at radius 1 is 0.667 bits per heavy atom. The summed E-state index contributed by atoms with van der Waals surface area (Å²) >= 11 is 0. The first-order chi connectivity index (χ1) is 14.8. The molecule has 3 heteroatoms. The van der Waals surface area contributed by atoms with Crippen LogP contribution in [0.1, 0.15) is 5.56 Å². The summed E-state index contributed by atoms with van der Waals surface area (Å²) in [6.07, 6.45) is 5.57. The van der Waals surface area contributed by atoms with E-state index in [0.717, 1.165) is 49.7 Å². The van der Waals surface area contributed by atoms with E-state index in [0.29, 0.717) is 0 Å². The van der Waals surface area contributed by atoms with Crippen LogP contribution in [0.3, 0.4) is 0 Å². The molecule has 0 aliphatic heterocycles. The maximum atomic E-state index is 6.59. The molecule has 6 rings (SSSR count). The number of pyridine rings is 2. The van der Waals surface area contributed by atoms with Crippen molar-refractivity contribution in [3.63, 3.8) is 0 Å². The molecule has 0 radical (unpaired) electrons. The number of aromatic nitrogens is 2. The Morgan fingerprint density at radius 3 is 2.47 bits per heavy atom. The molecule has 0 aliphatic rings. The number of benzene rings is 3. The van der Waals surface area contributed by atoms with Gasteiger partial charge in [-0.15, -0.1) is 0 Å². The summed E-state index contributed by atoms with van der Waals surface area (Å²) in [5, 5.41) is 4.56. The molecule has 0 aliphatic carbocycles. The van der Waals surface area contributed by atoms with Crippen LogP contribution in [0.15, 0.2) is 95.8 Å². The van der Waals surface area contributed by atoms with Gasteiger partial charge < -0.3 is 4.42 Å². The van der Waals surface area contributed by atoms with Crippen molar-refractivity contribution in [2.24, 2.45) is 0 Å². The average molecular weight is 386 g/mol. The topological polar surface area (TPSA) is 38.9 Å². The molecule has 3 nitrogen and oxygen atoms in total. The van der Waals surface area contributed by atoms with Crippen molar-refractivity contribution < 1.29 is 4.42 Å². The largest absolute Gasteiger partial charge is 0.455 e. The third kappa shape index (κ3) is 2.45. The third-order valence-corrected chi connectivity index (χ3v) is 5.77. The van der Waals surface area contributed by atoms with E-state index in [-0.39, 0.29) is 0 Å². The summed E-state index contributed by atoms with van der Waals surface area (Å²) in [5.74, 6) is 0. The van der Waals surface area contributed by atoms with Gasteiger partial charge in [0, 0.05) is 45.9 Å². The number of nitrogens with zero attached hydrogens (tertiary/aromatic N) is 2. The van der Waals surface area contributed by atoms with Crippen LogP contribution >= 0.6 is 0 Å². The zero-order valence-electron chi connectivity index (χ0n) is 16.5. The second kappa shape index (κ2) is 6.53. The number of para-hydroxylation sites is 1. The highest BCUT2D eigenvalue weighted by Crippen LogP contribution is 2.42. The molecule has 3 aromatic heterocycles. The summed E-state index contributed by atoms with van der Waals surface area (Å²) in [4.78, 5) is 8.90. The van der Waals surface area contributed by atoms with Gasteiger partial charge in [0.1, 0.15) is 11.2 Å². The van der Waals surface area contributed by atoms with Crippen LogP contribution in [0.5, 0.6) is 0 Å². The van der Waals surface area contributed by atoms with E-state index >= 15 is 0 Å². The van der Waals surface area contributed by atoms with E-state index in [9.17, 15) is 0 Å². The lowest BCUT2D eigenvalue weighted by Gasteiger charge is -2.07. The quantitative estimate of drug-likeness (QED) is 0.317. The van der Waals surface area contributed by atoms with E-state index in [1.165, 1.54) is 10.9 Å². The molecule has 0 N–H and O–H groups in total. The van der Waals surface area contributed by atoms with Crippen LogP contribution in [-0.4, -0.2) is 9.97 Å². The van der Waals surface area contributed by atoms with Gasteiger partial charge in [-0.1, -0.05) is 48.5 Å². The Balaban J connectivity index is 1.72. The maximum absolute atomic E-state index is 6.59. The summed E-state index contributed by atoms with van der Waals surface area (Å²) in [5.41, 5.74) is 7.11. The van der Waals surface area contributed by atoms with Gasteiger partial charge in [0.15, 0.2) is 0 Å². The number of furan rings is 1. The van der Waals surface area contributed by atoms with Crippen molar-refractivity contribution in [1.29, 1.82) is 0 Å². The highest BCUT2D eigenvalue weighted by atomic mass is 16.3. The van der Waals surface area contributed by atoms with Crippen LogP contribution in [0.2, 0.25) is 0 Å². The van der Waals surface area contributed by atoms with Crippen LogP contribution < -0.4 is 0 Å². The SMILES string of the molecule is Cc1ccc(-c2ccccn2)c2oc3c(-c4cccc5ccncc45)cccc3c12. The fourth-order valence-electron chi connectivity index (χ4n) is 4.35. The van der Waals surface area contributed by atoms with E-state index < -0.39 is 0 Å². The van der Waals surface area contributed by atoms with Gasteiger partial charge in [0.05, 0.1) is 5.69 Å². The van der Waals surface area contributed by atoms with E-state index in [2.05, 4.69) is 65.4 Å². The molecule has 0 atom stereocenters. The van der Waals surface area contributed by atoms with Gasteiger partial charge in [-0.3, -0.25) is 9.97 Å². The molecule has 142 valence electrons. The van der Waals surface area contributed by atoms with Crippen LogP contribution in [0.25, 0.3) is 55.1 Å². The van der Waals surface area contributed by atoms with Gasteiger partial charge in [0.25, 0.3) is 0 Å². The molecule has 3 heterocycles. The Hall–Kier alpha value is -3.98. The predicted octanol–water partition coefficient (Wildman–Crippen LogP) is 7.17. The molecular formula is C27H18N2O. The normalized spacial score (nSPS) is 11.5. The highest BCUT2D eigenvalue weighted by Gasteiger charge is 2.18. The summed E-state index contributed by atoms with van der Waals surface area (Å²) in [7, 11) is 0. The Morgan fingerprint density at radius 2 is 1.57 bits per heavy atom. The number of hydrogen-bond acceptors (Lipinski definition) is 3. The lowest BCUT2D eigenvalue weighted by atomic mass is 9.96. The van der Waals surface area contributed by atoms with Gasteiger partial charge in [-0.25, -0.2) is 0 Å². The lowest BCUT2D eigenvalue weighted by molar-refractivity contribution is 0.671. The van der Waals surface area contributed by atoms with Gasteiger partial charge in [0.2, 0.25) is 0 Å². The minimum absolute atomic E-state index is 0.884. The van der Waals surface area contributed by atoms with Crippen molar-refractivity contribution in [3.05, 3.63) is 97.0 Å². The first kappa shape index (κ1) is 16.9. The van der Waals surface area contributed by atoms with Crippen LogP contribution in [-0.2, 0) is 0 Å². The molecule has 6 aromatic rings. The van der Waals surface area contributed by atoms with Crippen LogP contribution in [0, 0.1) is 6.92 Å². The lowest BCUT2D eigenvalue weighted by Crippen LogP contribution is -1.84.